The predicted molar refractivity (Wildman–Crippen MR) is 203 cm³/mol. The van der Waals surface area contributed by atoms with Crippen LogP contribution >= 0.6 is 0 Å². The Bertz CT molecular complexity index is 1640. The van der Waals surface area contributed by atoms with Gasteiger partial charge in [-0.05, 0) is 61.9 Å². The molecule has 0 bridgehead atoms. The smallest absolute Gasteiger partial charge is 0.412 e. The van der Waals surface area contributed by atoms with Crippen LogP contribution in [0.1, 0.15) is 61.9 Å². The van der Waals surface area contributed by atoms with Crippen LogP contribution in [0.2, 0.25) is 0 Å². The molecular formula is C45H50N2O4. The zero-order chi connectivity index (χ0) is 35.7. The minimum atomic E-state index is -0.884. The number of nitrogens with zero attached hydrogens (tertiary/aromatic N) is 2. The second kappa shape index (κ2) is 16.1. The maximum Gasteiger partial charge on any atom is 0.412 e. The van der Waals surface area contributed by atoms with Gasteiger partial charge in [-0.3, -0.25) is 9.80 Å². The van der Waals surface area contributed by atoms with E-state index in [2.05, 4.69) is 126 Å². The van der Waals surface area contributed by atoms with Gasteiger partial charge in [0.1, 0.15) is 11.3 Å². The number of carbonyl (C=O) groups excluding carboxylic acids is 1. The zero-order valence-electron chi connectivity index (χ0n) is 30.3. The summed E-state index contributed by atoms with van der Waals surface area (Å²) >= 11 is 0. The molecule has 0 unspecified atom stereocenters. The average Bonchev–Trinajstić information content (AvgIpc) is 3.39. The zero-order valence-corrected chi connectivity index (χ0v) is 30.3. The highest BCUT2D eigenvalue weighted by Gasteiger charge is 2.49. The largest absolute Gasteiger partial charge is 0.449 e. The molecule has 51 heavy (non-hydrogen) atoms. The lowest BCUT2D eigenvalue weighted by molar-refractivity contribution is -0.0561. The van der Waals surface area contributed by atoms with E-state index >= 15 is 0 Å². The molecule has 0 aliphatic carbocycles. The maximum absolute atomic E-state index is 13.7. The third kappa shape index (κ3) is 8.42. The fourth-order valence-corrected chi connectivity index (χ4v) is 7.34. The molecule has 5 aromatic rings. The first-order chi connectivity index (χ1) is 24.7. The molecule has 0 radical (unpaired) electrons. The van der Waals surface area contributed by atoms with E-state index in [-0.39, 0.29) is 18.7 Å². The Kier molecular flexibility index (Phi) is 11.4. The fourth-order valence-electron chi connectivity index (χ4n) is 7.34. The lowest BCUT2D eigenvalue weighted by atomic mass is 9.80. The van der Waals surface area contributed by atoms with Gasteiger partial charge in [0.15, 0.2) is 0 Å². The van der Waals surface area contributed by atoms with E-state index in [0.29, 0.717) is 32.7 Å². The van der Waals surface area contributed by atoms with Gasteiger partial charge in [-0.15, -0.1) is 0 Å². The van der Waals surface area contributed by atoms with Crippen molar-refractivity contribution in [3.05, 3.63) is 179 Å². The number of hydrogen-bond donors (Lipinski definition) is 0. The number of carbonyl (C=O) groups is 1. The van der Waals surface area contributed by atoms with E-state index in [1.54, 1.807) is 4.90 Å². The molecule has 1 amide bonds. The molecule has 1 saturated heterocycles. The van der Waals surface area contributed by atoms with E-state index in [4.69, 9.17) is 14.2 Å². The summed E-state index contributed by atoms with van der Waals surface area (Å²) in [6, 6.07) is 52.3. The fraction of sp³-hybridized carbons (Fsp3) is 0.311. The minimum absolute atomic E-state index is 0.121. The van der Waals surface area contributed by atoms with Crippen molar-refractivity contribution >= 4 is 6.09 Å². The van der Waals surface area contributed by atoms with Crippen molar-refractivity contribution in [1.82, 2.24) is 9.80 Å². The molecule has 1 heterocycles. The number of hydrogen-bond acceptors (Lipinski definition) is 5. The van der Waals surface area contributed by atoms with Gasteiger partial charge < -0.3 is 14.2 Å². The molecule has 1 aliphatic rings. The van der Waals surface area contributed by atoms with Gasteiger partial charge in [-0.1, -0.05) is 152 Å². The normalized spacial score (nSPS) is 15.8. The van der Waals surface area contributed by atoms with Crippen molar-refractivity contribution in [1.29, 1.82) is 0 Å². The Labute approximate surface area is 303 Å². The van der Waals surface area contributed by atoms with Crippen LogP contribution < -0.4 is 0 Å². The van der Waals surface area contributed by atoms with Crippen LogP contribution in [0.15, 0.2) is 152 Å². The first-order valence-electron chi connectivity index (χ1n) is 17.9. The summed E-state index contributed by atoms with van der Waals surface area (Å²) in [4.78, 5) is 17.8. The highest BCUT2D eigenvalue weighted by molar-refractivity contribution is 5.70. The summed E-state index contributed by atoms with van der Waals surface area (Å²) in [5.74, 6) is 0. The first kappa shape index (κ1) is 36.1. The first-order valence-corrected chi connectivity index (χ1v) is 17.9. The van der Waals surface area contributed by atoms with Crippen LogP contribution in [0.3, 0.4) is 0 Å². The van der Waals surface area contributed by atoms with Crippen LogP contribution in [-0.4, -0.2) is 53.0 Å². The second-order valence-corrected chi connectivity index (χ2v) is 14.4. The Morgan fingerprint density at radius 2 is 1.10 bits per heavy atom. The summed E-state index contributed by atoms with van der Waals surface area (Å²) in [5.41, 5.74) is 3.43. The number of ether oxygens (including phenoxy) is 3. The molecule has 0 N–H and O–H groups in total. The third-order valence-electron chi connectivity index (χ3n) is 9.79. The molecule has 264 valence electrons. The van der Waals surface area contributed by atoms with E-state index in [0.717, 1.165) is 16.7 Å². The number of amides is 1. The number of rotatable bonds is 14. The van der Waals surface area contributed by atoms with Crippen molar-refractivity contribution in [3.8, 4) is 0 Å². The molecule has 0 saturated carbocycles. The van der Waals surface area contributed by atoms with E-state index in [9.17, 15) is 4.79 Å². The summed E-state index contributed by atoms with van der Waals surface area (Å²) in [6.07, 6.45) is 0.196. The van der Waals surface area contributed by atoms with Crippen LogP contribution in [-0.2, 0) is 32.9 Å². The Morgan fingerprint density at radius 3 is 1.49 bits per heavy atom. The Hall–Kier alpha value is -4.75. The van der Waals surface area contributed by atoms with Crippen LogP contribution in [0.4, 0.5) is 4.79 Å². The van der Waals surface area contributed by atoms with Gasteiger partial charge >= 0.3 is 6.09 Å². The highest BCUT2D eigenvalue weighted by Crippen LogP contribution is 2.41. The van der Waals surface area contributed by atoms with E-state index in [1.807, 2.05) is 58.0 Å². The summed E-state index contributed by atoms with van der Waals surface area (Å²) in [5, 5.41) is 0. The monoisotopic (exact) mass is 682 g/mol. The van der Waals surface area contributed by atoms with Crippen molar-refractivity contribution in [3.63, 3.8) is 0 Å². The molecule has 0 spiro atoms. The van der Waals surface area contributed by atoms with Crippen molar-refractivity contribution in [2.75, 3.05) is 19.8 Å². The quantitative estimate of drug-likeness (QED) is 0.109. The number of benzene rings is 5. The summed E-state index contributed by atoms with van der Waals surface area (Å²) in [6.45, 7) is 10.3. The molecule has 1 fully saturated rings. The predicted octanol–water partition coefficient (Wildman–Crippen LogP) is 9.44. The molecule has 6 nitrogen and oxygen atoms in total. The third-order valence-corrected chi connectivity index (χ3v) is 9.79. The molecule has 5 aromatic carbocycles. The molecule has 6 rings (SSSR count). The lowest BCUT2D eigenvalue weighted by Gasteiger charge is -2.40. The van der Waals surface area contributed by atoms with Crippen molar-refractivity contribution in [2.24, 2.45) is 0 Å². The topological polar surface area (TPSA) is 51.2 Å². The van der Waals surface area contributed by atoms with Crippen molar-refractivity contribution < 1.29 is 19.0 Å². The van der Waals surface area contributed by atoms with Gasteiger partial charge in [-0.2, -0.15) is 0 Å². The standard InChI is InChI=1S/C45H50N2O4/c1-43(2)35-51-44(3,4)47(43)42(48)49-31-30-41(46(32-36-20-10-5-11-21-36)33-37-22-12-6-13-23-37)34-50-45(38-24-14-7-15-25-38,39-26-16-8-17-27-39)40-28-18-9-19-29-40/h5-29,41H,30-35H2,1-4H3/t41-/m0/s1. The highest BCUT2D eigenvalue weighted by atomic mass is 16.6. The second-order valence-electron chi connectivity index (χ2n) is 14.4. The van der Waals surface area contributed by atoms with Crippen LogP contribution in [0.25, 0.3) is 0 Å². The van der Waals surface area contributed by atoms with Crippen LogP contribution in [0.5, 0.6) is 0 Å². The van der Waals surface area contributed by atoms with Gasteiger partial charge in [0, 0.05) is 19.1 Å². The lowest BCUT2D eigenvalue weighted by Crippen LogP contribution is -2.53. The van der Waals surface area contributed by atoms with Crippen LogP contribution in [0, 0.1) is 0 Å². The summed E-state index contributed by atoms with van der Waals surface area (Å²) < 4.78 is 19.5. The molecular weight excluding hydrogens is 633 g/mol. The minimum Gasteiger partial charge on any atom is -0.449 e. The van der Waals surface area contributed by atoms with Crippen molar-refractivity contribution in [2.45, 2.75) is 70.1 Å². The van der Waals surface area contributed by atoms with Gasteiger partial charge in [-0.25, -0.2) is 4.79 Å². The van der Waals surface area contributed by atoms with Gasteiger partial charge in [0.2, 0.25) is 0 Å². The maximum atomic E-state index is 13.7. The molecule has 1 aliphatic heterocycles. The van der Waals surface area contributed by atoms with Gasteiger partial charge in [0.05, 0.1) is 25.4 Å². The summed E-state index contributed by atoms with van der Waals surface area (Å²) in [7, 11) is 0. The average molecular weight is 683 g/mol. The van der Waals surface area contributed by atoms with Gasteiger partial charge in [0.25, 0.3) is 0 Å². The SMILES string of the molecule is CC1(C)COC(C)(C)N1C(=O)OCC[C@@H](COC(c1ccccc1)(c1ccccc1)c1ccccc1)N(Cc1ccccc1)Cc1ccccc1. The molecule has 6 heteroatoms. The Balaban J connectivity index is 1.37. The molecule has 0 aromatic heterocycles. The van der Waals surface area contributed by atoms with E-state index in [1.165, 1.54) is 11.1 Å². The van der Waals surface area contributed by atoms with E-state index < -0.39 is 16.9 Å². The molecule has 1 atom stereocenters. The Morgan fingerprint density at radius 1 is 0.686 bits per heavy atom.